The molecule has 1 aliphatic heterocycles. The smallest absolute Gasteiger partial charge is 0.0790 e. The minimum atomic E-state index is 0.212. The van der Waals surface area contributed by atoms with Crippen molar-refractivity contribution < 1.29 is 0 Å². The lowest BCUT2D eigenvalue weighted by Crippen LogP contribution is -2.51. The van der Waals surface area contributed by atoms with Crippen molar-refractivity contribution in [2.75, 3.05) is 19.6 Å². The first-order valence-electron chi connectivity index (χ1n) is 2.69. The molecule has 4 heteroatoms. The highest BCUT2D eigenvalue weighted by atomic mass is 127. The highest BCUT2D eigenvalue weighted by Gasteiger charge is 2.13. The number of halogens is 1. The van der Waals surface area contributed by atoms with Gasteiger partial charge in [-0.1, -0.05) is 0 Å². The summed E-state index contributed by atoms with van der Waals surface area (Å²) in [5, 5.41) is 3.19. The number of nitrogens with one attached hydrogen (secondary N) is 1. The molecule has 0 saturated carbocycles. The van der Waals surface area contributed by atoms with Gasteiger partial charge in [-0.15, -0.1) is 0 Å². The quantitative estimate of drug-likeness (QED) is 0.434. The van der Waals surface area contributed by atoms with Crippen molar-refractivity contribution in [3.8, 4) is 0 Å². The lowest BCUT2D eigenvalue weighted by molar-refractivity contribution is 0.322. The SMILES string of the molecule is NC1CNCCN1I. The minimum Gasteiger partial charge on any atom is -0.314 e. The molecule has 3 nitrogen and oxygen atoms in total. The molecule has 1 atom stereocenters. The first kappa shape index (κ1) is 6.73. The summed E-state index contributed by atoms with van der Waals surface area (Å²) in [7, 11) is 0. The van der Waals surface area contributed by atoms with E-state index in [4.69, 9.17) is 5.73 Å². The molecule has 1 fully saturated rings. The number of piperazine rings is 1. The molecule has 1 saturated heterocycles. The summed E-state index contributed by atoms with van der Waals surface area (Å²) < 4.78 is 2.12. The summed E-state index contributed by atoms with van der Waals surface area (Å²) in [5.74, 6) is 0. The van der Waals surface area contributed by atoms with Gasteiger partial charge in [0.1, 0.15) is 0 Å². The largest absolute Gasteiger partial charge is 0.314 e. The fourth-order valence-corrected chi connectivity index (χ4v) is 1.14. The van der Waals surface area contributed by atoms with Crippen molar-refractivity contribution in [1.29, 1.82) is 0 Å². The Morgan fingerprint density at radius 2 is 2.50 bits per heavy atom. The normalized spacial score (nSPS) is 33.0. The summed E-state index contributed by atoms with van der Waals surface area (Å²) in [6, 6.07) is 0. The lowest BCUT2D eigenvalue weighted by atomic mass is 10.4. The third-order valence-electron chi connectivity index (χ3n) is 1.22. The van der Waals surface area contributed by atoms with Gasteiger partial charge in [0.05, 0.1) is 6.17 Å². The molecule has 3 N–H and O–H groups in total. The van der Waals surface area contributed by atoms with Crippen LogP contribution in [0.2, 0.25) is 0 Å². The Bertz CT molecular complexity index is 67.7. The number of hydrogen-bond donors (Lipinski definition) is 2. The van der Waals surface area contributed by atoms with E-state index in [9.17, 15) is 0 Å². The maximum Gasteiger partial charge on any atom is 0.0790 e. The van der Waals surface area contributed by atoms with Crippen molar-refractivity contribution in [1.82, 2.24) is 8.43 Å². The molecule has 48 valence electrons. The van der Waals surface area contributed by atoms with Crippen LogP contribution < -0.4 is 11.1 Å². The van der Waals surface area contributed by atoms with Gasteiger partial charge in [-0.05, 0) is 0 Å². The molecule has 0 amide bonds. The summed E-state index contributed by atoms with van der Waals surface area (Å²) in [6.45, 7) is 3.04. The van der Waals surface area contributed by atoms with E-state index in [1.807, 2.05) is 0 Å². The van der Waals surface area contributed by atoms with Crippen LogP contribution >= 0.6 is 22.9 Å². The number of rotatable bonds is 0. The second-order valence-corrected chi connectivity index (χ2v) is 3.13. The van der Waals surface area contributed by atoms with Gasteiger partial charge in [-0.3, -0.25) is 0 Å². The standard InChI is InChI=1S/C4H10IN3/c5-8-2-1-7-3-4(8)6/h4,7H,1-3,6H2. The third kappa shape index (κ3) is 1.54. The van der Waals surface area contributed by atoms with Crippen molar-refractivity contribution in [3.05, 3.63) is 0 Å². The third-order valence-corrected chi connectivity index (χ3v) is 2.41. The Hall–Kier alpha value is 0.610. The van der Waals surface area contributed by atoms with Gasteiger partial charge in [0.25, 0.3) is 0 Å². The number of nitrogens with zero attached hydrogens (tertiary/aromatic N) is 1. The fraction of sp³-hybridized carbons (Fsp3) is 1.00. The zero-order valence-electron chi connectivity index (χ0n) is 4.60. The van der Waals surface area contributed by atoms with Gasteiger partial charge < -0.3 is 11.1 Å². The monoisotopic (exact) mass is 227 g/mol. The average Bonchev–Trinajstić information content (AvgIpc) is 1.77. The Morgan fingerprint density at radius 1 is 1.75 bits per heavy atom. The van der Waals surface area contributed by atoms with Crippen LogP contribution in [0.5, 0.6) is 0 Å². The van der Waals surface area contributed by atoms with Gasteiger partial charge in [-0.25, -0.2) is 3.11 Å². The van der Waals surface area contributed by atoms with E-state index in [1.165, 1.54) is 0 Å². The molecule has 0 aromatic rings. The van der Waals surface area contributed by atoms with E-state index in [0.29, 0.717) is 0 Å². The molecule has 1 aliphatic rings. The summed E-state index contributed by atoms with van der Waals surface area (Å²) >= 11 is 2.25. The van der Waals surface area contributed by atoms with Crippen LogP contribution in [0.1, 0.15) is 0 Å². The molecule has 0 aromatic heterocycles. The van der Waals surface area contributed by atoms with Crippen molar-refractivity contribution in [3.63, 3.8) is 0 Å². The number of hydrogen-bond acceptors (Lipinski definition) is 3. The van der Waals surface area contributed by atoms with Crippen LogP contribution in [0.4, 0.5) is 0 Å². The predicted octanol–water partition coefficient (Wildman–Crippen LogP) is -0.474. The molecule has 0 aliphatic carbocycles. The molecule has 0 aromatic carbocycles. The van der Waals surface area contributed by atoms with Crippen LogP contribution in [0, 0.1) is 0 Å². The van der Waals surface area contributed by atoms with Crippen molar-refractivity contribution in [2.45, 2.75) is 6.17 Å². The predicted molar refractivity (Wildman–Crippen MR) is 41.6 cm³/mol. The summed E-state index contributed by atoms with van der Waals surface area (Å²) in [4.78, 5) is 0. The zero-order chi connectivity index (χ0) is 5.98. The first-order chi connectivity index (χ1) is 3.80. The first-order valence-corrected chi connectivity index (χ1v) is 3.66. The fourth-order valence-electron chi connectivity index (χ4n) is 0.701. The van der Waals surface area contributed by atoms with E-state index in [2.05, 4.69) is 31.3 Å². The van der Waals surface area contributed by atoms with Gasteiger partial charge >= 0.3 is 0 Å². The maximum absolute atomic E-state index is 5.63. The van der Waals surface area contributed by atoms with Crippen molar-refractivity contribution in [2.24, 2.45) is 5.73 Å². The zero-order valence-corrected chi connectivity index (χ0v) is 6.76. The molecular weight excluding hydrogens is 217 g/mol. The van der Waals surface area contributed by atoms with Crippen LogP contribution in [0.25, 0.3) is 0 Å². The van der Waals surface area contributed by atoms with E-state index in [-0.39, 0.29) is 6.17 Å². The molecule has 1 heterocycles. The highest BCUT2D eigenvalue weighted by Crippen LogP contribution is 2.02. The van der Waals surface area contributed by atoms with E-state index in [0.717, 1.165) is 19.6 Å². The molecule has 0 radical (unpaired) electrons. The summed E-state index contributed by atoms with van der Waals surface area (Å²) in [6.07, 6.45) is 0.212. The molecule has 0 spiro atoms. The van der Waals surface area contributed by atoms with Crippen LogP contribution in [-0.4, -0.2) is 28.9 Å². The average molecular weight is 227 g/mol. The molecule has 1 rings (SSSR count). The Balaban J connectivity index is 2.28. The van der Waals surface area contributed by atoms with Crippen molar-refractivity contribution >= 4 is 22.9 Å². The van der Waals surface area contributed by atoms with E-state index < -0.39 is 0 Å². The van der Waals surface area contributed by atoms with Crippen LogP contribution in [-0.2, 0) is 0 Å². The van der Waals surface area contributed by atoms with Gasteiger partial charge in [0.15, 0.2) is 0 Å². The summed E-state index contributed by atoms with van der Waals surface area (Å²) in [5.41, 5.74) is 5.63. The second kappa shape index (κ2) is 2.95. The van der Waals surface area contributed by atoms with E-state index >= 15 is 0 Å². The second-order valence-electron chi connectivity index (χ2n) is 1.89. The molecule has 8 heavy (non-hydrogen) atoms. The Kier molecular flexibility index (Phi) is 2.48. The minimum absolute atomic E-state index is 0.212. The topological polar surface area (TPSA) is 41.3 Å². The maximum atomic E-state index is 5.63. The Morgan fingerprint density at radius 3 is 2.88 bits per heavy atom. The van der Waals surface area contributed by atoms with Crippen LogP contribution in [0.3, 0.4) is 0 Å². The van der Waals surface area contributed by atoms with E-state index in [1.54, 1.807) is 0 Å². The van der Waals surface area contributed by atoms with Gasteiger partial charge in [0.2, 0.25) is 0 Å². The highest BCUT2D eigenvalue weighted by molar-refractivity contribution is 14.1. The molecule has 0 bridgehead atoms. The van der Waals surface area contributed by atoms with Gasteiger partial charge in [0, 0.05) is 42.5 Å². The lowest BCUT2D eigenvalue weighted by Gasteiger charge is -2.27. The number of nitrogens with two attached hydrogens (primary N) is 1. The molecule has 1 unspecified atom stereocenters. The van der Waals surface area contributed by atoms with Gasteiger partial charge in [-0.2, -0.15) is 0 Å². The Labute approximate surface area is 63.1 Å². The molecular formula is C4H10IN3. The van der Waals surface area contributed by atoms with Crippen LogP contribution in [0.15, 0.2) is 0 Å².